The van der Waals surface area contributed by atoms with E-state index in [1.807, 2.05) is 26.0 Å². The smallest absolute Gasteiger partial charge is 0.370 e. The number of anilines is 3. The van der Waals surface area contributed by atoms with Gasteiger partial charge in [-0.25, -0.2) is 9.97 Å². The van der Waals surface area contributed by atoms with Crippen molar-refractivity contribution < 1.29 is 17.9 Å². The van der Waals surface area contributed by atoms with E-state index in [1.165, 1.54) is 0 Å². The Labute approximate surface area is 188 Å². The van der Waals surface area contributed by atoms with E-state index in [2.05, 4.69) is 25.6 Å². The zero-order valence-corrected chi connectivity index (χ0v) is 18.4. The van der Waals surface area contributed by atoms with Gasteiger partial charge in [0, 0.05) is 31.4 Å². The highest BCUT2D eigenvalue weighted by molar-refractivity contribution is 5.90. The van der Waals surface area contributed by atoms with Gasteiger partial charge in [0.25, 0.3) is 0 Å². The number of aryl methyl sites for hydroxylation is 2. The van der Waals surface area contributed by atoms with Crippen molar-refractivity contribution in [2.24, 2.45) is 0 Å². The molecule has 0 aliphatic carbocycles. The zero-order chi connectivity index (χ0) is 23.2. The summed E-state index contributed by atoms with van der Waals surface area (Å²) in [6, 6.07) is 4.56. The van der Waals surface area contributed by atoms with Gasteiger partial charge in [-0.1, -0.05) is 0 Å². The van der Waals surface area contributed by atoms with Crippen LogP contribution in [0.3, 0.4) is 0 Å². The number of piperazine rings is 1. The van der Waals surface area contributed by atoms with Crippen LogP contribution in [0.25, 0.3) is 11.0 Å². The number of hydrogen-bond acceptors (Lipinski definition) is 8. The van der Waals surface area contributed by atoms with Gasteiger partial charge in [0.2, 0.25) is 5.95 Å². The number of rotatable bonds is 7. The molecular formula is C21H25F3N8O. The molecule has 0 radical (unpaired) electrons. The van der Waals surface area contributed by atoms with Crippen LogP contribution >= 0.6 is 0 Å². The summed E-state index contributed by atoms with van der Waals surface area (Å²) in [4.78, 5) is 16.2. The lowest BCUT2D eigenvalue weighted by molar-refractivity contribution is -0.174. The maximum Gasteiger partial charge on any atom is 0.411 e. The van der Waals surface area contributed by atoms with Crippen molar-refractivity contribution in [1.29, 1.82) is 0 Å². The summed E-state index contributed by atoms with van der Waals surface area (Å²) in [6.45, 7) is 4.22. The Morgan fingerprint density at radius 2 is 2.12 bits per heavy atom. The molecule has 12 heteroatoms. The fraction of sp³-hybridized carbons (Fsp3) is 0.524. The van der Waals surface area contributed by atoms with Crippen molar-refractivity contribution in [2.45, 2.75) is 45.1 Å². The highest BCUT2D eigenvalue weighted by atomic mass is 19.4. The number of nitrogens with zero attached hydrogens (tertiary/aromatic N) is 6. The third-order valence-electron chi connectivity index (χ3n) is 5.93. The Morgan fingerprint density at radius 3 is 2.82 bits per heavy atom. The van der Waals surface area contributed by atoms with Gasteiger partial charge in [-0.2, -0.15) is 23.3 Å². The van der Waals surface area contributed by atoms with Crippen molar-refractivity contribution in [3.8, 4) is 0 Å². The number of ether oxygens (including phenoxy) is 1. The first-order valence-corrected chi connectivity index (χ1v) is 10.9. The Balaban J connectivity index is 1.50. The van der Waals surface area contributed by atoms with E-state index in [-0.39, 0.29) is 13.2 Å². The number of hydrogen-bond donors (Lipinski definition) is 2. The minimum Gasteiger partial charge on any atom is -0.370 e. The first-order chi connectivity index (χ1) is 15.8. The summed E-state index contributed by atoms with van der Waals surface area (Å²) in [5.41, 5.74) is 2.97. The second-order valence-corrected chi connectivity index (χ2v) is 8.54. The van der Waals surface area contributed by atoms with Crippen LogP contribution in [0.4, 0.5) is 30.8 Å². The Morgan fingerprint density at radius 1 is 1.27 bits per heavy atom. The molecule has 2 atom stereocenters. The molecular weight excluding hydrogens is 437 g/mol. The zero-order valence-electron chi connectivity index (χ0n) is 18.4. The molecule has 2 bridgehead atoms. The molecule has 2 saturated heterocycles. The predicted molar refractivity (Wildman–Crippen MR) is 117 cm³/mol. The molecule has 0 spiro atoms. The van der Waals surface area contributed by atoms with Crippen LogP contribution in [0.2, 0.25) is 0 Å². The third-order valence-corrected chi connectivity index (χ3v) is 5.93. The van der Waals surface area contributed by atoms with Crippen LogP contribution in [0.15, 0.2) is 18.3 Å². The number of nitrogens with one attached hydrogen (secondary N) is 2. The van der Waals surface area contributed by atoms with Gasteiger partial charge < -0.3 is 20.3 Å². The topological polar surface area (TPSA) is 93.0 Å². The first kappa shape index (κ1) is 21.8. The van der Waals surface area contributed by atoms with E-state index in [0.29, 0.717) is 46.4 Å². The van der Waals surface area contributed by atoms with Crippen LogP contribution in [0.5, 0.6) is 0 Å². The van der Waals surface area contributed by atoms with Gasteiger partial charge in [0.05, 0.1) is 18.8 Å². The average molecular weight is 462 g/mol. The summed E-state index contributed by atoms with van der Waals surface area (Å²) in [6.07, 6.45) is -1.61. The fourth-order valence-electron chi connectivity index (χ4n) is 4.47. The normalized spacial score (nSPS) is 20.2. The van der Waals surface area contributed by atoms with Crippen LogP contribution < -0.4 is 15.5 Å². The van der Waals surface area contributed by atoms with Crippen LogP contribution in [0.1, 0.15) is 17.7 Å². The van der Waals surface area contributed by atoms with Crippen molar-refractivity contribution in [3.05, 3.63) is 29.6 Å². The molecule has 33 heavy (non-hydrogen) atoms. The monoisotopic (exact) mass is 462 g/mol. The van der Waals surface area contributed by atoms with Gasteiger partial charge in [0.1, 0.15) is 23.5 Å². The van der Waals surface area contributed by atoms with E-state index in [9.17, 15) is 13.2 Å². The molecule has 176 valence electrons. The number of fused-ring (bicyclic) bond motifs is 3. The predicted octanol–water partition coefficient (Wildman–Crippen LogP) is 2.71. The molecule has 0 saturated carbocycles. The summed E-state index contributed by atoms with van der Waals surface area (Å²) in [5, 5.41) is 11.3. The molecule has 9 nitrogen and oxygen atoms in total. The summed E-state index contributed by atoms with van der Waals surface area (Å²) < 4.78 is 43.7. The lowest BCUT2D eigenvalue weighted by Crippen LogP contribution is -2.44. The highest BCUT2D eigenvalue weighted by Gasteiger charge is 2.39. The average Bonchev–Trinajstić information content (AvgIpc) is 3.46. The van der Waals surface area contributed by atoms with Gasteiger partial charge in [-0.15, -0.1) is 0 Å². The lowest BCUT2D eigenvalue weighted by Gasteiger charge is -2.27. The minimum absolute atomic E-state index is 0.136. The minimum atomic E-state index is -4.37. The molecule has 0 aromatic carbocycles. The van der Waals surface area contributed by atoms with E-state index >= 15 is 0 Å². The summed E-state index contributed by atoms with van der Waals surface area (Å²) in [5.74, 6) is 1.74. The molecule has 0 amide bonds. The van der Waals surface area contributed by atoms with E-state index in [4.69, 9.17) is 14.7 Å². The van der Waals surface area contributed by atoms with Gasteiger partial charge in [0.15, 0.2) is 5.82 Å². The first-order valence-electron chi connectivity index (χ1n) is 10.9. The number of aromatic nitrogens is 5. The highest BCUT2D eigenvalue weighted by Crippen LogP contribution is 2.32. The quantitative estimate of drug-likeness (QED) is 0.518. The fourth-order valence-corrected chi connectivity index (χ4v) is 4.47. The summed E-state index contributed by atoms with van der Waals surface area (Å²) >= 11 is 0. The number of halogens is 3. The molecule has 2 fully saturated rings. The molecule has 2 N–H and O–H groups in total. The molecule has 2 aliphatic heterocycles. The third kappa shape index (κ3) is 4.58. The SMILES string of the molecule is Cc1ccnc(Nc2nc(N3CC4C[C@@H]3CN4)nc3c(C)nn(CCOCC(F)(F)F)c23)c1. The standard InChI is InChI=1S/C21H25F3N8O/c1-12-3-4-25-16(7-12)27-19-18-17(13(2)30-32(18)5-6-33-11-21(22,23)24)28-20(29-19)31-10-14-8-15(31)9-26-14/h3-4,7,14-15,26H,5-6,8-11H2,1-2H3,(H,25,27,28,29)/t14?,15-/m1/s1. The van der Waals surface area contributed by atoms with Crippen molar-refractivity contribution >= 4 is 28.6 Å². The Hall–Kier alpha value is -2.99. The van der Waals surface area contributed by atoms with E-state index in [0.717, 1.165) is 25.1 Å². The van der Waals surface area contributed by atoms with Crippen molar-refractivity contribution in [1.82, 2.24) is 30.0 Å². The molecule has 2 aliphatic rings. The molecule has 3 aromatic rings. The second-order valence-electron chi connectivity index (χ2n) is 8.54. The summed E-state index contributed by atoms with van der Waals surface area (Å²) in [7, 11) is 0. The Kier molecular flexibility index (Phi) is 5.57. The van der Waals surface area contributed by atoms with Gasteiger partial charge in [-0.3, -0.25) is 4.68 Å². The lowest BCUT2D eigenvalue weighted by atomic mass is 10.2. The van der Waals surface area contributed by atoms with Crippen LogP contribution in [-0.4, -0.2) is 69.3 Å². The van der Waals surface area contributed by atoms with Crippen molar-refractivity contribution in [3.63, 3.8) is 0 Å². The largest absolute Gasteiger partial charge is 0.411 e. The maximum atomic E-state index is 12.4. The van der Waals surface area contributed by atoms with E-state index < -0.39 is 12.8 Å². The number of pyridine rings is 1. The van der Waals surface area contributed by atoms with Crippen molar-refractivity contribution in [2.75, 3.05) is 36.5 Å². The van der Waals surface area contributed by atoms with Gasteiger partial charge >= 0.3 is 6.18 Å². The Bertz CT molecular complexity index is 1160. The van der Waals surface area contributed by atoms with Crippen LogP contribution in [-0.2, 0) is 11.3 Å². The molecule has 3 aromatic heterocycles. The number of alkyl halides is 3. The second kappa shape index (κ2) is 8.41. The molecule has 5 heterocycles. The van der Waals surface area contributed by atoms with Crippen LogP contribution in [0, 0.1) is 13.8 Å². The molecule has 5 rings (SSSR count). The molecule has 1 unspecified atom stereocenters. The van der Waals surface area contributed by atoms with Gasteiger partial charge in [-0.05, 0) is 38.0 Å². The van der Waals surface area contributed by atoms with E-state index in [1.54, 1.807) is 10.9 Å². The maximum absolute atomic E-state index is 12.4.